The smallest absolute Gasteiger partial charge is 0.316 e. The molecule has 0 radical (unpaired) electrons. The minimum Gasteiger partial charge on any atom is -0.351 e. The van der Waals surface area contributed by atoms with Gasteiger partial charge in [0.15, 0.2) is 0 Å². The van der Waals surface area contributed by atoms with E-state index in [1.807, 2.05) is 24.3 Å². The third-order valence-corrected chi connectivity index (χ3v) is 3.16. The van der Waals surface area contributed by atoms with Crippen molar-refractivity contribution < 1.29 is 4.79 Å². The van der Waals surface area contributed by atoms with E-state index in [9.17, 15) is 4.79 Å². The van der Waals surface area contributed by atoms with Gasteiger partial charge in [-0.3, -0.25) is 0 Å². The van der Waals surface area contributed by atoms with Gasteiger partial charge in [-0.15, -0.1) is 0 Å². The summed E-state index contributed by atoms with van der Waals surface area (Å²) in [6.45, 7) is 5.41. The van der Waals surface area contributed by atoms with Crippen LogP contribution >= 0.6 is 0 Å². The summed E-state index contributed by atoms with van der Waals surface area (Å²) in [5.41, 5.74) is 7.01. The molecule has 0 aliphatic rings. The Morgan fingerprint density at radius 1 is 1.21 bits per heavy atom. The molecule has 19 heavy (non-hydrogen) atoms. The van der Waals surface area contributed by atoms with Crippen LogP contribution in [0.5, 0.6) is 0 Å². The van der Waals surface area contributed by atoms with Gasteiger partial charge in [0.05, 0.1) is 0 Å². The average molecular weight is 263 g/mol. The average Bonchev–Trinajstić information content (AvgIpc) is 2.38. The van der Waals surface area contributed by atoms with E-state index in [0.29, 0.717) is 6.04 Å². The van der Waals surface area contributed by atoms with Gasteiger partial charge < -0.3 is 16.4 Å². The lowest BCUT2D eigenvalue weighted by Crippen LogP contribution is -2.20. The van der Waals surface area contributed by atoms with E-state index in [2.05, 4.69) is 24.5 Å². The van der Waals surface area contributed by atoms with Crippen LogP contribution in [-0.4, -0.2) is 12.6 Å². The lowest BCUT2D eigenvalue weighted by Gasteiger charge is -2.14. The van der Waals surface area contributed by atoms with Crippen LogP contribution in [0.2, 0.25) is 0 Å². The van der Waals surface area contributed by atoms with Crippen LogP contribution in [-0.2, 0) is 0 Å². The second kappa shape index (κ2) is 8.53. The molecule has 0 saturated heterocycles. The minimum absolute atomic E-state index is 0.323. The highest BCUT2D eigenvalue weighted by Gasteiger charge is 2.04. The molecule has 0 saturated carbocycles. The lowest BCUT2D eigenvalue weighted by atomic mass is 10.1. The van der Waals surface area contributed by atoms with Gasteiger partial charge in [0.2, 0.25) is 0 Å². The number of benzene rings is 1. The molecule has 0 aromatic heterocycles. The Labute approximate surface area is 115 Å². The fourth-order valence-corrected chi connectivity index (χ4v) is 1.99. The molecule has 4 N–H and O–H groups in total. The largest absolute Gasteiger partial charge is 0.351 e. The molecule has 0 aliphatic heterocycles. The number of amides is 2. The quantitative estimate of drug-likeness (QED) is 0.629. The highest BCUT2D eigenvalue weighted by molar-refractivity contribution is 5.87. The molecule has 4 nitrogen and oxygen atoms in total. The van der Waals surface area contributed by atoms with Crippen molar-refractivity contribution in [3.63, 3.8) is 0 Å². The fraction of sp³-hybridized carbons (Fsp3) is 0.533. The zero-order valence-corrected chi connectivity index (χ0v) is 11.9. The SMILES string of the molecule is CCCCCCNC(C)c1ccc(NC(N)=O)cc1. The molecule has 1 atom stereocenters. The zero-order chi connectivity index (χ0) is 14.1. The van der Waals surface area contributed by atoms with Crippen molar-refractivity contribution in [2.75, 3.05) is 11.9 Å². The Kier molecular flexibility index (Phi) is 6.97. The molecule has 0 bridgehead atoms. The Morgan fingerprint density at radius 3 is 2.47 bits per heavy atom. The van der Waals surface area contributed by atoms with Crippen LogP contribution in [0.1, 0.15) is 51.1 Å². The maximum atomic E-state index is 10.7. The van der Waals surface area contributed by atoms with Gasteiger partial charge in [0.25, 0.3) is 0 Å². The van der Waals surface area contributed by atoms with Crippen molar-refractivity contribution in [1.82, 2.24) is 5.32 Å². The van der Waals surface area contributed by atoms with Crippen molar-refractivity contribution in [3.8, 4) is 0 Å². The van der Waals surface area contributed by atoms with E-state index < -0.39 is 6.03 Å². The number of urea groups is 1. The highest BCUT2D eigenvalue weighted by atomic mass is 16.2. The molecule has 0 heterocycles. The third kappa shape index (κ3) is 6.25. The van der Waals surface area contributed by atoms with Crippen LogP contribution in [0.25, 0.3) is 0 Å². The number of hydrogen-bond donors (Lipinski definition) is 3. The fourth-order valence-electron chi connectivity index (χ4n) is 1.99. The number of nitrogens with one attached hydrogen (secondary N) is 2. The molecule has 1 unspecified atom stereocenters. The van der Waals surface area contributed by atoms with Crippen molar-refractivity contribution in [1.29, 1.82) is 0 Å². The van der Waals surface area contributed by atoms with Gasteiger partial charge in [-0.25, -0.2) is 4.79 Å². The molecule has 1 aromatic carbocycles. The minimum atomic E-state index is -0.533. The van der Waals surface area contributed by atoms with Crippen LogP contribution in [0, 0.1) is 0 Å². The zero-order valence-electron chi connectivity index (χ0n) is 11.9. The number of hydrogen-bond acceptors (Lipinski definition) is 2. The number of unbranched alkanes of at least 4 members (excludes halogenated alkanes) is 3. The molecule has 2 amide bonds. The topological polar surface area (TPSA) is 67.2 Å². The summed E-state index contributed by atoms with van der Waals surface area (Å²) in [4.78, 5) is 10.7. The standard InChI is InChI=1S/C15H25N3O/c1-3-4-5-6-11-17-12(2)13-7-9-14(10-8-13)18-15(16)19/h7-10,12,17H,3-6,11H2,1-2H3,(H3,16,18,19). The Morgan fingerprint density at radius 2 is 1.89 bits per heavy atom. The third-order valence-electron chi connectivity index (χ3n) is 3.16. The summed E-state index contributed by atoms with van der Waals surface area (Å²) < 4.78 is 0. The Balaban J connectivity index is 2.35. The molecular formula is C15H25N3O. The van der Waals surface area contributed by atoms with Crippen molar-refractivity contribution >= 4 is 11.7 Å². The number of rotatable bonds is 8. The summed E-state index contributed by atoms with van der Waals surface area (Å²) >= 11 is 0. The van der Waals surface area contributed by atoms with E-state index in [0.717, 1.165) is 12.2 Å². The van der Waals surface area contributed by atoms with Crippen molar-refractivity contribution in [3.05, 3.63) is 29.8 Å². The van der Waals surface area contributed by atoms with Crippen LogP contribution in [0.4, 0.5) is 10.5 Å². The lowest BCUT2D eigenvalue weighted by molar-refractivity contribution is 0.259. The molecule has 1 aromatic rings. The highest BCUT2D eigenvalue weighted by Crippen LogP contribution is 2.16. The molecule has 106 valence electrons. The van der Waals surface area contributed by atoms with Crippen LogP contribution in [0.3, 0.4) is 0 Å². The maximum absolute atomic E-state index is 10.7. The number of carbonyl (C=O) groups excluding carboxylic acids is 1. The monoisotopic (exact) mass is 263 g/mol. The number of primary amides is 1. The second-order valence-corrected chi connectivity index (χ2v) is 4.85. The summed E-state index contributed by atoms with van der Waals surface area (Å²) in [5, 5.41) is 6.06. The van der Waals surface area contributed by atoms with E-state index in [1.54, 1.807) is 0 Å². The van der Waals surface area contributed by atoms with Gasteiger partial charge in [0, 0.05) is 11.7 Å². The van der Waals surface area contributed by atoms with Gasteiger partial charge >= 0.3 is 6.03 Å². The molecule has 0 fully saturated rings. The van der Waals surface area contributed by atoms with E-state index in [1.165, 1.54) is 31.2 Å². The predicted molar refractivity (Wildman–Crippen MR) is 80.2 cm³/mol. The second-order valence-electron chi connectivity index (χ2n) is 4.85. The number of anilines is 1. The van der Waals surface area contributed by atoms with Crippen LogP contribution in [0.15, 0.2) is 24.3 Å². The summed E-state index contributed by atoms with van der Waals surface area (Å²) in [5.74, 6) is 0. The summed E-state index contributed by atoms with van der Waals surface area (Å²) in [6.07, 6.45) is 5.09. The van der Waals surface area contributed by atoms with Crippen molar-refractivity contribution in [2.45, 2.75) is 45.6 Å². The molecule has 0 spiro atoms. The first-order valence-electron chi connectivity index (χ1n) is 7.03. The normalized spacial score (nSPS) is 12.1. The molecule has 0 aliphatic carbocycles. The van der Waals surface area contributed by atoms with E-state index in [4.69, 9.17) is 5.73 Å². The predicted octanol–water partition coefficient (Wildman–Crippen LogP) is 3.41. The van der Waals surface area contributed by atoms with Crippen molar-refractivity contribution in [2.24, 2.45) is 5.73 Å². The number of nitrogens with two attached hydrogens (primary N) is 1. The van der Waals surface area contributed by atoms with Crippen LogP contribution < -0.4 is 16.4 Å². The van der Waals surface area contributed by atoms with E-state index >= 15 is 0 Å². The van der Waals surface area contributed by atoms with Gasteiger partial charge in [-0.1, -0.05) is 38.3 Å². The first-order chi connectivity index (χ1) is 9.13. The number of carbonyl (C=O) groups is 1. The first kappa shape index (κ1) is 15.5. The van der Waals surface area contributed by atoms with Gasteiger partial charge in [-0.2, -0.15) is 0 Å². The van der Waals surface area contributed by atoms with Gasteiger partial charge in [-0.05, 0) is 37.6 Å². The summed E-state index contributed by atoms with van der Waals surface area (Å²) in [7, 11) is 0. The molecule has 4 heteroatoms. The Hall–Kier alpha value is -1.55. The maximum Gasteiger partial charge on any atom is 0.316 e. The van der Waals surface area contributed by atoms with E-state index in [-0.39, 0.29) is 0 Å². The summed E-state index contributed by atoms with van der Waals surface area (Å²) in [6, 6.07) is 7.55. The molecule has 1 rings (SSSR count). The Bertz CT molecular complexity index is 375. The molecular weight excluding hydrogens is 238 g/mol. The van der Waals surface area contributed by atoms with Gasteiger partial charge in [0.1, 0.15) is 0 Å². The first-order valence-corrected chi connectivity index (χ1v) is 7.03.